The van der Waals surface area contributed by atoms with Gasteiger partial charge in [0.05, 0.1) is 18.8 Å². The normalized spacial score (nSPS) is 13.4. The average Bonchev–Trinajstić information content (AvgIpc) is 3.48. The van der Waals surface area contributed by atoms with Crippen LogP contribution in [0.25, 0.3) is 0 Å². The molecule has 0 aliphatic carbocycles. The zero-order chi connectivity index (χ0) is 59.4. The number of carbonyl (C=O) groups is 1. The third kappa shape index (κ3) is 63.5. The van der Waals surface area contributed by atoms with Crippen LogP contribution in [-0.4, -0.2) is 57.3 Å². The van der Waals surface area contributed by atoms with Gasteiger partial charge in [0, 0.05) is 0 Å². The molecule has 6 heteroatoms. The Kier molecular flexibility index (Phi) is 70.0. The number of nitrogens with one attached hydrogen (secondary N) is 1. The zero-order valence-corrected chi connectivity index (χ0v) is 56.0. The highest BCUT2D eigenvalue weighted by Crippen LogP contribution is 2.21. The van der Waals surface area contributed by atoms with E-state index in [4.69, 9.17) is 0 Å². The van der Waals surface area contributed by atoms with E-state index >= 15 is 0 Å². The van der Waals surface area contributed by atoms with E-state index in [2.05, 4.69) is 31.3 Å². The molecule has 5 N–H and O–H groups in total. The molecule has 0 aliphatic rings. The zero-order valence-electron chi connectivity index (χ0n) is 56.0. The molecule has 4 atom stereocenters. The first-order chi connectivity index (χ1) is 40.5. The van der Waals surface area contributed by atoms with Crippen molar-refractivity contribution in [1.82, 2.24) is 5.32 Å². The highest BCUT2D eigenvalue weighted by molar-refractivity contribution is 5.80. The van der Waals surface area contributed by atoms with Crippen molar-refractivity contribution in [3.8, 4) is 0 Å². The molecule has 0 heterocycles. The van der Waals surface area contributed by atoms with Crippen molar-refractivity contribution < 1.29 is 25.2 Å². The Morgan fingerprint density at radius 3 is 0.732 bits per heavy atom. The summed E-state index contributed by atoms with van der Waals surface area (Å²) in [4.78, 5) is 12.7. The van der Waals surface area contributed by atoms with E-state index in [1.165, 1.54) is 372 Å². The Balaban J connectivity index is 3.49. The fourth-order valence-corrected chi connectivity index (χ4v) is 12.6. The first kappa shape index (κ1) is 81.0. The molecule has 0 radical (unpaired) electrons. The largest absolute Gasteiger partial charge is 0.394 e. The molecule has 0 aromatic heterocycles. The lowest BCUT2D eigenvalue weighted by atomic mass is 10.00. The maximum absolute atomic E-state index is 12.7. The number of hydrogen-bond donors (Lipinski definition) is 5. The predicted octanol–water partition coefficient (Wildman–Crippen LogP) is 23.9. The Labute approximate surface area is 514 Å². The molecule has 490 valence electrons. The van der Waals surface area contributed by atoms with E-state index in [9.17, 15) is 25.2 Å². The van der Waals surface area contributed by atoms with Crippen LogP contribution in [0.3, 0.4) is 0 Å². The number of amides is 1. The Bertz CT molecular complexity index is 1210. The predicted molar refractivity (Wildman–Crippen MR) is 362 cm³/mol. The van der Waals surface area contributed by atoms with Gasteiger partial charge in [-0.3, -0.25) is 4.79 Å². The maximum Gasteiger partial charge on any atom is 0.249 e. The van der Waals surface area contributed by atoms with Crippen LogP contribution in [0.1, 0.15) is 438 Å². The first-order valence-electron chi connectivity index (χ1n) is 38.1. The summed E-state index contributed by atoms with van der Waals surface area (Å²) in [5.41, 5.74) is 0. The molecule has 0 aromatic rings. The summed E-state index contributed by atoms with van der Waals surface area (Å²) in [5, 5.41) is 44.3. The van der Waals surface area contributed by atoms with Crippen molar-refractivity contribution in [3.05, 3.63) is 12.2 Å². The van der Waals surface area contributed by atoms with E-state index < -0.39 is 36.9 Å². The number of aliphatic hydroxyl groups is 4. The Morgan fingerprint density at radius 2 is 0.500 bits per heavy atom. The van der Waals surface area contributed by atoms with Crippen molar-refractivity contribution >= 4 is 5.91 Å². The van der Waals surface area contributed by atoms with Crippen LogP contribution >= 0.6 is 0 Å². The van der Waals surface area contributed by atoms with Crippen molar-refractivity contribution in [2.75, 3.05) is 6.61 Å². The lowest BCUT2D eigenvalue weighted by molar-refractivity contribution is -0.132. The molecule has 0 saturated carbocycles. The summed E-state index contributed by atoms with van der Waals surface area (Å²) in [6, 6.07) is -1.00. The molecule has 6 nitrogen and oxygen atoms in total. The third-order valence-corrected chi connectivity index (χ3v) is 18.5. The molecule has 0 saturated heterocycles. The van der Waals surface area contributed by atoms with Gasteiger partial charge < -0.3 is 25.7 Å². The highest BCUT2D eigenvalue weighted by Gasteiger charge is 2.28. The van der Waals surface area contributed by atoms with Gasteiger partial charge in [-0.15, -0.1) is 0 Å². The average molecular weight is 1160 g/mol. The van der Waals surface area contributed by atoms with Crippen LogP contribution in [0.2, 0.25) is 0 Å². The molecule has 0 aromatic carbocycles. The standard InChI is InChI=1S/C76H151NO5/c1-3-5-7-9-11-13-15-17-19-21-23-25-27-29-31-33-34-35-36-37-38-39-40-41-42-44-46-48-50-52-54-56-58-60-62-64-66-68-70-74(80)76(82)77-72(71-78)75(81)73(79)69-67-65-63-61-59-57-55-53-51-49-47-45-43-32-30-28-26-24-22-20-18-16-14-12-10-8-6-4-2/h61,63,72-75,78-81H,3-60,62,64-71H2,1-2H3,(H,77,82)/b63-61+. The van der Waals surface area contributed by atoms with Gasteiger partial charge in [0.1, 0.15) is 12.2 Å². The molecule has 0 aliphatic heterocycles. The van der Waals surface area contributed by atoms with E-state index in [1.807, 2.05) is 0 Å². The first-order valence-corrected chi connectivity index (χ1v) is 38.1. The number of unbranched alkanes of at least 4 members (excludes halogenated alkanes) is 61. The SMILES string of the molecule is CCCCCCCCCCCCCCCCCCCCCCCCC/C=C/CCCC(O)C(O)C(CO)NC(=O)C(O)CCCCCCCCCCCCCCCCCCCCCCCCCCCCCCCCCCCCCCCC. The minimum Gasteiger partial charge on any atom is -0.394 e. The quantitative estimate of drug-likeness (QED) is 0.0308. The van der Waals surface area contributed by atoms with Gasteiger partial charge >= 0.3 is 0 Å². The summed E-state index contributed by atoms with van der Waals surface area (Å²) in [7, 11) is 0. The molecule has 0 rings (SSSR count). The maximum atomic E-state index is 12.7. The fraction of sp³-hybridized carbons (Fsp3) is 0.961. The number of rotatable bonds is 72. The fourth-order valence-electron chi connectivity index (χ4n) is 12.6. The van der Waals surface area contributed by atoms with Crippen LogP contribution in [0.4, 0.5) is 0 Å². The van der Waals surface area contributed by atoms with Gasteiger partial charge in [-0.05, 0) is 38.5 Å². The number of hydrogen-bond acceptors (Lipinski definition) is 5. The second-order valence-electron chi connectivity index (χ2n) is 26.7. The van der Waals surface area contributed by atoms with Crippen LogP contribution in [0.15, 0.2) is 12.2 Å². The topological polar surface area (TPSA) is 110 Å². The summed E-state index contributed by atoms with van der Waals surface area (Å²) in [5.74, 6) is -0.583. The molecule has 0 fully saturated rings. The summed E-state index contributed by atoms with van der Waals surface area (Å²) >= 11 is 0. The number of aliphatic hydroxyl groups excluding tert-OH is 4. The van der Waals surface area contributed by atoms with E-state index in [1.54, 1.807) is 0 Å². The molecule has 0 bridgehead atoms. The highest BCUT2D eigenvalue weighted by atomic mass is 16.3. The van der Waals surface area contributed by atoms with Gasteiger partial charge in [-0.25, -0.2) is 0 Å². The van der Waals surface area contributed by atoms with Crippen molar-refractivity contribution in [1.29, 1.82) is 0 Å². The number of allylic oxidation sites excluding steroid dienone is 2. The third-order valence-electron chi connectivity index (χ3n) is 18.5. The lowest BCUT2D eigenvalue weighted by Gasteiger charge is -2.27. The summed E-state index contributed by atoms with van der Waals surface area (Å²) < 4.78 is 0. The minimum absolute atomic E-state index is 0.369. The van der Waals surface area contributed by atoms with Crippen LogP contribution in [-0.2, 0) is 4.79 Å². The van der Waals surface area contributed by atoms with Crippen molar-refractivity contribution in [2.45, 2.75) is 462 Å². The smallest absolute Gasteiger partial charge is 0.249 e. The van der Waals surface area contributed by atoms with Gasteiger partial charge in [-0.2, -0.15) is 0 Å². The van der Waals surface area contributed by atoms with Gasteiger partial charge in [0.15, 0.2) is 0 Å². The molecular formula is C76H151NO5. The molecule has 4 unspecified atom stereocenters. The lowest BCUT2D eigenvalue weighted by Crippen LogP contribution is -2.53. The van der Waals surface area contributed by atoms with E-state index in [0.29, 0.717) is 12.8 Å². The van der Waals surface area contributed by atoms with Gasteiger partial charge in [0.2, 0.25) is 5.91 Å². The van der Waals surface area contributed by atoms with Crippen molar-refractivity contribution in [2.24, 2.45) is 0 Å². The summed E-state index contributed by atoms with van der Waals surface area (Å²) in [6.07, 6.45) is 89.5. The van der Waals surface area contributed by atoms with Gasteiger partial charge in [-0.1, -0.05) is 411 Å². The van der Waals surface area contributed by atoms with Crippen molar-refractivity contribution in [3.63, 3.8) is 0 Å². The van der Waals surface area contributed by atoms with Gasteiger partial charge in [0.25, 0.3) is 0 Å². The summed E-state index contributed by atoms with van der Waals surface area (Å²) in [6.45, 7) is 4.11. The molecule has 0 spiro atoms. The van der Waals surface area contributed by atoms with E-state index in [-0.39, 0.29) is 0 Å². The Hall–Kier alpha value is -0.950. The van der Waals surface area contributed by atoms with Crippen LogP contribution in [0, 0.1) is 0 Å². The minimum atomic E-state index is -1.28. The second-order valence-corrected chi connectivity index (χ2v) is 26.7. The Morgan fingerprint density at radius 1 is 0.293 bits per heavy atom. The molecule has 82 heavy (non-hydrogen) atoms. The molecular weight excluding hydrogens is 1010 g/mol. The van der Waals surface area contributed by atoms with E-state index in [0.717, 1.165) is 38.5 Å². The van der Waals surface area contributed by atoms with Crippen LogP contribution < -0.4 is 5.32 Å². The number of carbonyl (C=O) groups excluding carboxylic acids is 1. The molecule has 1 amide bonds. The van der Waals surface area contributed by atoms with Crippen LogP contribution in [0.5, 0.6) is 0 Å². The second kappa shape index (κ2) is 70.8. The monoisotopic (exact) mass is 1160 g/mol.